The first kappa shape index (κ1) is 14.5. The molecule has 1 heterocycles. The van der Waals surface area contributed by atoms with Crippen molar-refractivity contribution in [3.63, 3.8) is 0 Å². The number of aromatic nitrogens is 1. The lowest BCUT2D eigenvalue weighted by atomic mass is 9.98. The summed E-state index contributed by atoms with van der Waals surface area (Å²) in [4.78, 5) is 4.13. The van der Waals surface area contributed by atoms with E-state index in [0.717, 1.165) is 24.3 Å². The Morgan fingerprint density at radius 1 is 1.20 bits per heavy atom. The predicted molar refractivity (Wildman–Crippen MR) is 82.1 cm³/mol. The fraction of sp³-hybridized carbons (Fsp3) is 0.353. The predicted octanol–water partition coefficient (Wildman–Crippen LogP) is 3.49. The molecule has 106 valence electrons. The zero-order valence-electron chi connectivity index (χ0n) is 12.4. The van der Waals surface area contributed by atoms with Gasteiger partial charge in [-0.1, -0.05) is 36.8 Å². The molecular formula is C17H22N2O. The number of hydrogen-bond donors (Lipinski definition) is 1. The molecule has 0 radical (unpaired) electrons. The van der Waals surface area contributed by atoms with E-state index in [-0.39, 0.29) is 6.04 Å². The van der Waals surface area contributed by atoms with Crippen molar-refractivity contribution in [2.45, 2.75) is 26.3 Å². The summed E-state index contributed by atoms with van der Waals surface area (Å²) in [6.07, 6.45) is 4.67. The highest BCUT2D eigenvalue weighted by Gasteiger charge is 2.17. The van der Waals surface area contributed by atoms with E-state index < -0.39 is 0 Å². The summed E-state index contributed by atoms with van der Waals surface area (Å²) >= 11 is 0. The topological polar surface area (TPSA) is 34.2 Å². The van der Waals surface area contributed by atoms with Gasteiger partial charge < -0.3 is 10.1 Å². The number of methoxy groups -OCH3 is 1. The third kappa shape index (κ3) is 3.36. The van der Waals surface area contributed by atoms with E-state index in [1.54, 1.807) is 13.3 Å². The highest BCUT2D eigenvalue weighted by molar-refractivity contribution is 5.40. The van der Waals surface area contributed by atoms with Crippen LogP contribution in [0, 0.1) is 6.92 Å². The maximum Gasteiger partial charge on any atom is 0.142 e. The Balaban J connectivity index is 2.38. The minimum atomic E-state index is 0.133. The summed E-state index contributed by atoms with van der Waals surface area (Å²) in [5.41, 5.74) is 3.64. The van der Waals surface area contributed by atoms with Crippen molar-refractivity contribution in [2.75, 3.05) is 13.7 Å². The van der Waals surface area contributed by atoms with Crippen molar-refractivity contribution in [1.82, 2.24) is 10.3 Å². The van der Waals surface area contributed by atoms with Crippen molar-refractivity contribution in [3.8, 4) is 5.75 Å². The number of benzene rings is 1. The Kier molecular flexibility index (Phi) is 5.13. The van der Waals surface area contributed by atoms with Crippen LogP contribution in [-0.2, 0) is 0 Å². The number of pyridine rings is 1. The normalized spacial score (nSPS) is 12.2. The van der Waals surface area contributed by atoms with E-state index in [1.807, 2.05) is 12.3 Å². The van der Waals surface area contributed by atoms with Gasteiger partial charge in [-0.25, -0.2) is 0 Å². The van der Waals surface area contributed by atoms with Crippen LogP contribution in [0.4, 0.5) is 0 Å². The van der Waals surface area contributed by atoms with Gasteiger partial charge in [-0.2, -0.15) is 0 Å². The molecule has 2 rings (SSSR count). The lowest BCUT2D eigenvalue weighted by molar-refractivity contribution is 0.402. The first-order valence-electron chi connectivity index (χ1n) is 7.04. The quantitative estimate of drug-likeness (QED) is 0.872. The minimum Gasteiger partial charge on any atom is -0.495 e. The van der Waals surface area contributed by atoms with Crippen molar-refractivity contribution in [2.24, 2.45) is 0 Å². The molecule has 1 N–H and O–H groups in total. The lowest BCUT2D eigenvalue weighted by Gasteiger charge is -2.21. The maximum atomic E-state index is 5.45. The zero-order valence-corrected chi connectivity index (χ0v) is 12.4. The Morgan fingerprint density at radius 3 is 2.60 bits per heavy atom. The van der Waals surface area contributed by atoms with Crippen LogP contribution in [0.5, 0.6) is 5.75 Å². The van der Waals surface area contributed by atoms with Crippen molar-refractivity contribution < 1.29 is 4.74 Å². The van der Waals surface area contributed by atoms with Gasteiger partial charge in [0, 0.05) is 11.8 Å². The molecule has 1 aromatic carbocycles. The molecule has 0 aliphatic heterocycles. The lowest BCUT2D eigenvalue weighted by Crippen LogP contribution is -2.23. The largest absolute Gasteiger partial charge is 0.495 e. The molecule has 0 spiro atoms. The number of aryl methyl sites for hydroxylation is 1. The number of nitrogens with zero attached hydrogens (tertiary/aromatic N) is 1. The molecule has 1 aromatic heterocycles. The Hall–Kier alpha value is -1.87. The smallest absolute Gasteiger partial charge is 0.142 e. The fourth-order valence-corrected chi connectivity index (χ4v) is 2.25. The molecule has 0 aliphatic carbocycles. The number of nitrogens with one attached hydrogen (secondary N) is 1. The van der Waals surface area contributed by atoms with E-state index in [9.17, 15) is 0 Å². The van der Waals surface area contributed by atoms with Crippen molar-refractivity contribution in [1.29, 1.82) is 0 Å². The molecule has 0 saturated carbocycles. The van der Waals surface area contributed by atoms with Gasteiger partial charge in [0.05, 0.1) is 19.3 Å². The highest BCUT2D eigenvalue weighted by Crippen LogP contribution is 2.29. The van der Waals surface area contributed by atoms with E-state index >= 15 is 0 Å². The first-order chi connectivity index (χ1) is 9.76. The second-order valence-corrected chi connectivity index (χ2v) is 4.92. The summed E-state index contributed by atoms with van der Waals surface area (Å²) < 4.78 is 5.45. The molecule has 2 aromatic rings. The number of rotatable bonds is 6. The Morgan fingerprint density at radius 2 is 1.95 bits per heavy atom. The van der Waals surface area contributed by atoms with Crippen LogP contribution >= 0.6 is 0 Å². The second-order valence-electron chi connectivity index (χ2n) is 4.92. The van der Waals surface area contributed by atoms with Crippen LogP contribution in [0.3, 0.4) is 0 Å². The molecule has 3 nitrogen and oxygen atoms in total. The van der Waals surface area contributed by atoms with Crippen LogP contribution in [0.15, 0.2) is 42.7 Å². The molecule has 20 heavy (non-hydrogen) atoms. The SMILES string of the molecule is CCCNC(c1ccc(C)cc1)c1ccncc1OC. The molecule has 0 aliphatic rings. The molecule has 0 amide bonds. The Labute approximate surface area is 121 Å². The molecular weight excluding hydrogens is 248 g/mol. The fourth-order valence-electron chi connectivity index (χ4n) is 2.25. The third-order valence-electron chi connectivity index (χ3n) is 3.36. The van der Waals surface area contributed by atoms with Crippen molar-refractivity contribution in [3.05, 3.63) is 59.4 Å². The molecule has 0 saturated heterocycles. The average molecular weight is 270 g/mol. The molecule has 1 atom stereocenters. The molecule has 0 fully saturated rings. The number of ether oxygens (including phenoxy) is 1. The van der Waals surface area contributed by atoms with E-state index in [0.29, 0.717) is 0 Å². The molecule has 0 bridgehead atoms. The van der Waals surface area contributed by atoms with Gasteiger partial charge in [0.25, 0.3) is 0 Å². The van der Waals surface area contributed by atoms with E-state index in [4.69, 9.17) is 4.74 Å². The van der Waals surface area contributed by atoms with Gasteiger partial charge in [-0.3, -0.25) is 4.98 Å². The van der Waals surface area contributed by atoms with E-state index in [1.165, 1.54) is 11.1 Å². The monoisotopic (exact) mass is 270 g/mol. The van der Waals surface area contributed by atoms with Crippen LogP contribution in [-0.4, -0.2) is 18.6 Å². The minimum absolute atomic E-state index is 0.133. The van der Waals surface area contributed by atoms with Gasteiger partial charge in [0.2, 0.25) is 0 Å². The van der Waals surface area contributed by atoms with E-state index in [2.05, 4.69) is 48.4 Å². The average Bonchev–Trinajstić information content (AvgIpc) is 2.50. The van der Waals surface area contributed by atoms with Crippen LogP contribution in [0.1, 0.15) is 36.1 Å². The van der Waals surface area contributed by atoms with Crippen molar-refractivity contribution >= 4 is 0 Å². The Bertz CT molecular complexity index is 537. The molecule has 1 unspecified atom stereocenters. The number of hydrogen-bond acceptors (Lipinski definition) is 3. The molecule has 3 heteroatoms. The van der Waals surface area contributed by atoms with Gasteiger partial charge in [0.15, 0.2) is 0 Å². The summed E-state index contributed by atoms with van der Waals surface area (Å²) in [6.45, 7) is 5.23. The van der Waals surface area contributed by atoms with Gasteiger partial charge in [0.1, 0.15) is 5.75 Å². The summed E-state index contributed by atoms with van der Waals surface area (Å²) in [7, 11) is 1.69. The van der Waals surface area contributed by atoms with Crippen LogP contribution < -0.4 is 10.1 Å². The van der Waals surface area contributed by atoms with Crippen LogP contribution in [0.25, 0.3) is 0 Å². The highest BCUT2D eigenvalue weighted by atomic mass is 16.5. The first-order valence-corrected chi connectivity index (χ1v) is 7.04. The second kappa shape index (κ2) is 7.06. The summed E-state index contributed by atoms with van der Waals surface area (Å²) in [5, 5.41) is 3.59. The maximum absolute atomic E-state index is 5.45. The summed E-state index contributed by atoms with van der Waals surface area (Å²) in [5.74, 6) is 0.821. The van der Waals surface area contributed by atoms with Gasteiger partial charge >= 0.3 is 0 Å². The van der Waals surface area contributed by atoms with Crippen LogP contribution in [0.2, 0.25) is 0 Å². The van der Waals surface area contributed by atoms with Gasteiger partial charge in [-0.05, 0) is 31.5 Å². The summed E-state index contributed by atoms with van der Waals surface area (Å²) in [6, 6.07) is 10.8. The standard InChI is InChI=1S/C17H22N2O/c1-4-10-19-17(14-7-5-13(2)6-8-14)15-9-11-18-12-16(15)20-3/h5-9,11-12,17,19H,4,10H2,1-3H3. The third-order valence-corrected chi connectivity index (χ3v) is 3.36. The van der Waals surface area contributed by atoms with Gasteiger partial charge in [-0.15, -0.1) is 0 Å². The zero-order chi connectivity index (χ0) is 14.4.